The van der Waals surface area contributed by atoms with Gasteiger partial charge in [0.2, 0.25) is 0 Å². The molecular weight excluding hydrogens is 216 g/mol. The van der Waals surface area contributed by atoms with Crippen LogP contribution in [-0.2, 0) is 6.54 Å². The van der Waals surface area contributed by atoms with Crippen LogP contribution in [0.15, 0.2) is 24.3 Å². The summed E-state index contributed by atoms with van der Waals surface area (Å²) < 4.78 is 4.88. The minimum Gasteiger partial charge on any atom is -0.410 e. The number of fused-ring (bicyclic) bond motifs is 1. The Morgan fingerprint density at radius 1 is 1.06 bits per heavy atom. The van der Waals surface area contributed by atoms with Crippen LogP contribution in [0.4, 0.5) is 4.79 Å². The molecule has 4 heteroatoms. The standard InChI is InChI=1S/C8H7NO2.C5H11N/c10-8-9-5-6-3-1-2-4-7(6)11-8;1-2-4-6-5-3-1/h1-4H,5H2,(H,9,10);6H,1-5H2. The molecule has 0 atom stereocenters. The van der Waals surface area contributed by atoms with E-state index in [1.54, 1.807) is 6.07 Å². The molecule has 2 aliphatic rings. The quantitative estimate of drug-likeness (QED) is 0.722. The highest BCUT2D eigenvalue weighted by atomic mass is 16.6. The van der Waals surface area contributed by atoms with E-state index >= 15 is 0 Å². The largest absolute Gasteiger partial charge is 0.412 e. The third kappa shape index (κ3) is 3.75. The minimum absolute atomic E-state index is 0.372. The van der Waals surface area contributed by atoms with Crippen LogP contribution in [0.25, 0.3) is 0 Å². The number of hydrogen-bond donors (Lipinski definition) is 2. The average molecular weight is 234 g/mol. The van der Waals surface area contributed by atoms with Crippen molar-refractivity contribution in [1.29, 1.82) is 0 Å². The summed E-state index contributed by atoms with van der Waals surface area (Å²) in [4.78, 5) is 10.7. The molecule has 0 spiro atoms. The highest BCUT2D eigenvalue weighted by Crippen LogP contribution is 2.20. The molecule has 2 N–H and O–H groups in total. The number of carbonyl (C=O) groups excluding carboxylic acids is 1. The van der Waals surface area contributed by atoms with E-state index in [0.717, 1.165) is 5.56 Å². The Labute approximate surface area is 101 Å². The van der Waals surface area contributed by atoms with Crippen molar-refractivity contribution < 1.29 is 9.53 Å². The number of carbonyl (C=O) groups is 1. The van der Waals surface area contributed by atoms with Gasteiger partial charge in [0, 0.05) is 12.1 Å². The summed E-state index contributed by atoms with van der Waals surface area (Å²) in [7, 11) is 0. The first-order valence-corrected chi connectivity index (χ1v) is 6.10. The SMILES string of the molecule is C1CCNCC1.O=C1NCc2ccccc2O1. The predicted octanol–water partition coefficient (Wildman–Crippen LogP) is 2.05. The van der Waals surface area contributed by atoms with Gasteiger partial charge in [-0.2, -0.15) is 0 Å². The van der Waals surface area contributed by atoms with Crippen LogP contribution in [0.3, 0.4) is 0 Å². The van der Waals surface area contributed by atoms with Gasteiger partial charge in [-0.1, -0.05) is 24.6 Å². The van der Waals surface area contributed by atoms with Crippen molar-refractivity contribution in [3.8, 4) is 5.75 Å². The molecule has 17 heavy (non-hydrogen) atoms. The normalized spacial score (nSPS) is 18.0. The molecule has 4 nitrogen and oxygen atoms in total. The van der Waals surface area contributed by atoms with Crippen LogP contribution in [0.2, 0.25) is 0 Å². The molecule has 1 aromatic rings. The lowest BCUT2D eigenvalue weighted by atomic mass is 10.2. The minimum atomic E-state index is -0.372. The molecule has 0 saturated carbocycles. The molecule has 0 bridgehead atoms. The van der Waals surface area contributed by atoms with E-state index in [9.17, 15) is 4.79 Å². The number of rotatable bonds is 0. The maximum Gasteiger partial charge on any atom is 0.412 e. The first kappa shape index (κ1) is 11.9. The highest BCUT2D eigenvalue weighted by molar-refractivity contribution is 5.72. The zero-order valence-electron chi connectivity index (χ0n) is 9.87. The fourth-order valence-electron chi connectivity index (χ4n) is 1.85. The third-order valence-electron chi connectivity index (χ3n) is 2.81. The molecule has 0 radical (unpaired) electrons. The van der Waals surface area contributed by atoms with Crippen LogP contribution >= 0.6 is 0 Å². The second-order valence-electron chi connectivity index (χ2n) is 4.16. The van der Waals surface area contributed by atoms with Gasteiger partial charge in [-0.25, -0.2) is 4.79 Å². The van der Waals surface area contributed by atoms with Gasteiger partial charge in [0.15, 0.2) is 0 Å². The van der Waals surface area contributed by atoms with E-state index in [0.29, 0.717) is 12.3 Å². The topological polar surface area (TPSA) is 50.4 Å². The summed E-state index contributed by atoms with van der Waals surface area (Å²) in [6.07, 6.45) is 3.84. The van der Waals surface area contributed by atoms with Crippen molar-refractivity contribution in [2.75, 3.05) is 13.1 Å². The Morgan fingerprint density at radius 2 is 1.82 bits per heavy atom. The lowest BCUT2D eigenvalue weighted by Gasteiger charge is -2.15. The van der Waals surface area contributed by atoms with Gasteiger partial charge < -0.3 is 15.4 Å². The molecule has 1 fully saturated rings. The zero-order chi connectivity index (χ0) is 11.9. The van der Waals surface area contributed by atoms with Gasteiger partial charge in [-0.15, -0.1) is 0 Å². The number of benzene rings is 1. The molecule has 92 valence electrons. The third-order valence-corrected chi connectivity index (χ3v) is 2.81. The summed E-state index contributed by atoms with van der Waals surface area (Å²) in [5.74, 6) is 0.663. The van der Waals surface area contributed by atoms with E-state index in [1.807, 2.05) is 18.2 Å². The Hall–Kier alpha value is -1.55. The average Bonchev–Trinajstić information content (AvgIpc) is 2.41. The molecule has 0 aliphatic carbocycles. The second kappa shape index (κ2) is 6.25. The maximum atomic E-state index is 10.7. The first-order chi connectivity index (χ1) is 8.36. The van der Waals surface area contributed by atoms with Crippen molar-refractivity contribution >= 4 is 6.09 Å². The lowest BCUT2D eigenvalue weighted by molar-refractivity contribution is 0.194. The highest BCUT2D eigenvalue weighted by Gasteiger charge is 2.13. The van der Waals surface area contributed by atoms with Gasteiger partial charge >= 0.3 is 6.09 Å². The van der Waals surface area contributed by atoms with E-state index in [1.165, 1.54) is 32.4 Å². The fraction of sp³-hybridized carbons (Fsp3) is 0.462. The zero-order valence-corrected chi connectivity index (χ0v) is 9.87. The summed E-state index contributed by atoms with van der Waals surface area (Å²) in [6, 6.07) is 7.47. The van der Waals surface area contributed by atoms with E-state index in [2.05, 4.69) is 10.6 Å². The number of hydrogen-bond acceptors (Lipinski definition) is 3. The Morgan fingerprint density at radius 3 is 2.47 bits per heavy atom. The van der Waals surface area contributed by atoms with Crippen molar-refractivity contribution in [1.82, 2.24) is 10.6 Å². The Bertz CT molecular complexity index is 364. The number of ether oxygens (including phenoxy) is 1. The number of nitrogens with one attached hydrogen (secondary N) is 2. The van der Waals surface area contributed by atoms with Crippen LogP contribution in [0.1, 0.15) is 24.8 Å². The van der Waals surface area contributed by atoms with Gasteiger partial charge in [0.1, 0.15) is 5.75 Å². The first-order valence-electron chi connectivity index (χ1n) is 6.10. The van der Waals surface area contributed by atoms with Crippen LogP contribution < -0.4 is 15.4 Å². The molecule has 1 aromatic carbocycles. The summed E-state index contributed by atoms with van der Waals surface area (Å²) in [5, 5.41) is 5.86. The van der Waals surface area contributed by atoms with Crippen molar-refractivity contribution in [2.45, 2.75) is 25.8 Å². The van der Waals surface area contributed by atoms with Crippen LogP contribution in [0, 0.1) is 0 Å². The number of amides is 1. The van der Waals surface area contributed by atoms with Gasteiger partial charge in [0.25, 0.3) is 0 Å². The molecule has 2 heterocycles. The number of piperidine rings is 1. The summed E-state index contributed by atoms with van der Waals surface area (Å²) in [6.45, 7) is 3.06. The molecule has 1 saturated heterocycles. The van der Waals surface area contributed by atoms with E-state index < -0.39 is 0 Å². The summed E-state index contributed by atoms with van der Waals surface area (Å²) in [5.41, 5.74) is 1.02. The Kier molecular flexibility index (Phi) is 4.38. The monoisotopic (exact) mass is 234 g/mol. The van der Waals surface area contributed by atoms with Gasteiger partial charge in [-0.05, 0) is 32.0 Å². The molecular formula is C13H18N2O2. The fourth-order valence-corrected chi connectivity index (χ4v) is 1.85. The number of para-hydroxylation sites is 1. The molecule has 1 amide bonds. The molecule has 3 rings (SSSR count). The molecule has 2 aliphatic heterocycles. The van der Waals surface area contributed by atoms with Crippen LogP contribution in [-0.4, -0.2) is 19.2 Å². The second-order valence-corrected chi connectivity index (χ2v) is 4.16. The van der Waals surface area contributed by atoms with Gasteiger partial charge in [-0.3, -0.25) is 0 Å². The van der Waals surface area contributed by atoms with Crippen molar-refractivity contribution in [3.63, 3.8) is 0 Å². The van der Waals surface area contributed by atoms with Crippen molar-refractivity contribution in [3.05, 3.63) is 29.8 Å². The van der Waals surface area contributed by atoms with E-state index in [-0.39, 0.29) is 6.09 Å². The molecule has 0 aromatic heterocycles. The van der Waals surface area contributed by atoms with Crippen LogP contribution in [0.5, 0.6) is 5.75 Å². The smallest absolute Gasteiger partial charge is 0.410 e. The summed E-state index contributed by atoms with van der Waals surface area (Å²) >= 11 is 0. The van der Waals surface area contributed by atoms with Gasteiger partial charge in [0.05, 0.1) is 0 Å². The lowest BCUT2D eigenvalue weighted by Crippen LogP contribution is -2.30. The van der Waals surface area contributed by atoms with Crippen molar-refractivity contribution in [2.24, 2.45) is 0 Å². The predicted molar refractivity (Wildman–Crippen MR) is 66.0 cm³/mol. The Balaban J connectivity index is 0.000000153. The van der Waals surface area contributed by atoms with E-state index in [4.69, 9.17) is 4.74 Å². The maximum absolute atomic E-state index is 10.7. The molecule has 0 unspecified atom stereocenters.